The summed E-state index contributed by atoms with van der Waals surface area (Å²) in [6, 6.07) is 5.79. The van der Waals surface area contributed by atoms with E-state index in [-0.39, 0.29) is 21.0 Å². The number of nitrogens with zero attached hydrogens (tertiary/aromatic N) is 3. The molecule has 172 valence electrons. The Morgan fingerprint density at radius 1 is 1.15 bits per heavy atom. The zero-order chi connectivity index (χ0) is 24.7. The number of aromatic nitrogens is 2. The second-order valence-corrected chi connectivity index (χ2v) is 6.88. The van der Waals surface area contributed by atoms with Gasteiger partial charge < -0.3 is 4.74 Å². The number of hydrogen-bond donors (Lipinski definition) is 0. The molecule has 3 rings (SSSR count). The standard InChI is InChI=1S/C19H10ClF4N3O6/c1-25-15(19(22,23)24)8-16(28)26(18(25)30)14-6-11(12(20)7-13(14)21)17(29)33-10-4-2-3-9(5-10)27(31)32/h2-8H,1H3. The molecule has 0 spiro atoms. The van der Waals surface area contributed by atoms with Crippen molar-refractivity contribution in [1.29, 1.82) is 0 Å². The van der Waals surface area contributed by atoms with Crippen molar-refractivity contribution < 1.29 is 32.0 Å². The number of hydrogen-bond acceptors (Lipinski definition) is 6. The summed E-state index contributed by atoms with van der Waals surface area (Å²) in [5, 5.41) is 10.3. The summed E-state index contributed by atoms with van der Waals surface area (Å²) in [5.74, 6) is -2.79. The lowest BCUT2D eigenvalue weighted by atomic mass is 10.2. The zero-order valence-electron chi connectivity index (χ0n) is 16.2. The summed E-state index contributed by atoms with van der Waals surface area (Å²) in [6.45, 7) is 0. The molecule has 0 fully saturated rings. The Balaban J connectivity index is 2.11. The molecule has 0 saturated heterocycles. The van der Waals surface area contributed by atoms with Crippen molar-refractivity contribution in [2.75, 3.05) is 0 Å². The fourth-order valence-electron chi connectivity index (χ4n) is 2.81. The van der Waals surface area contributed by atoms with Crippen LogP contribution >= 0.6 is 11.6 Å². The molecule has 0 N–H and O–H groups in total. The monoisotopic (exact) mass is 487 g/mol. The Morgan fingerprint density at radius 2 is 1.82 bits per heavy atom. The number of nitro groups is 1. The first kappa shape index (κ1) is 23.7. The molecule has 0 saturated carbocycles. The van der Waals surface area contributed by atoms with E-state index in [1.54, 1.807) is 0 Å². The Kier molecular flexibility index (Phi) is 6.09. The summed E-state index contributed by atoms with van der Waals surface area (Å²) in [4.78, 5) is 47.3. The number of carbonyl (C=O) groups excluding carboxylic acids is 1. The largest absolute Gasteiger partial charge is 0.431 e. The van der Waals surface area contributed by atoms with Crippen LogP contribution in [0.4, 0.5) is 23.2 Å². The first-order valence-electron chi connectivity index (χ1n) is 8.67. The van der Waals surface area contributed by atoms with Crippen LogP contribution in [0, 0.1) is 15.9 Å². The van der Waals surface area contributed by atoms with Crippen LogP contribution in [0.2, 0.25) is 5.02 Å². The van der Waals surface area contributed by atoms with Gasteiger partial charge in [-0.3, -0.25) is 19.5 Å². The van der Waals surface area contributed by atoms with Crippen LogP contribution < -0.4 is 16.0 Å². The molecule has 3 aromatic rings. The van der Waals surface area contributed by atoms with E-state index in [9.17, 15) is 42.1 Å². The highest BCUT2D eigenvalue weighted by Gasteiger charge is 2.35. The van der Waals surface area contributed by atoms with Crippen LogP contribution in [0.15, 0.2) is 52.1 Å². The molecule has 0 aliphatic carbocycles. The highest BCUT2D eigenvalue weighted by molar-refractivity contribution is 6.33. The van der Waals surface area contributed by atoms with Crippen LogP contribution in [0.5, 0.6) is 5.75 Å². The van der Waals surface area contributed by atoms with E-state index >= 15 is 0 Å². The second kappa shape index (κ2) is 8.50. The fourth-order valence-corrected chi connectivity index (χ4v) is 3.03. The summed E-state index contributed by atoms with van der Waals surface area (Å²) in [5.41, 5.74) is -6.42. The van der Waals surface area contributed by atoms with Crippen molar-refractivity contribution in [2.45, 2.75) is 6.18 Å². The maximum Gasteiger partial charge on any atom is 0.431 e. The Labute approximate surface area is 185 Å². The lowest BCUT2D eigenvalue weighted by Gasteiger charge is -2.15. The minimum Gasteiger partial charge on any atom is -0.423 e. The summed E-state index contributed by atoms with van der Waals surface area (Å²) in [7, 11) is 0.729. The van der Waals surface area contributed by atoms with Crippen molar-refractivity contribution in [3.63, 3.8) is 0 Å². The van der Waals surface area contributed by atoms with Crippen LogP contribution in [-0.4, -0.2) is 20.0 Å². The molecule has 14 heteroatoms. The van der Waals surface area contributed by atoms with Crippen molar-refractivity contribution in [3.8, 4) is 11.4 Å². The smallest absolute Gasteiger partial charge is 0.423 e. The van der Waals surface area contributed by atoms with E-state index in [4.69, 9.17) is 16.3 Å². The van der Waals surface area contributed by atoms with E-state index in [1.165, 1.54) is 12.1 Å². The molecule has 0 radical (unpaired) electrons. The first-order valence-corrected chi connectivity index (χ1v) is 9.05. The Morgan fingerprint density at radius 3 is 2.42 bits per heavy atom. The van der Waals surface area contributed by atoms with Gasteiger partial charge in [0.25, 0.3) is 11.2 Å². The minimum absolute atomic E-state index is 0.0883. The maximum atomic E-state index is 14.5. The van der Waals surface area contributed by atoms with Crippen LogP contribution in [-0.2, 0) is 13.2 Å². The van der Waals surface area contributed by atoms with Crippen LogP contribution in [0.25, 0.3) is 5.69 Å². The predicted octanol–water partition coefficient (Wildman–Crippen LogP) is 3.47. The van der Waals surface area contributed by atoms with E-state index in [0.29, 0.717) is 12.1 Å². The SMILES string of the molecule is Cn1c(C(F)(F)F)cc(=O)n(-c2cc(C(=O)Oc3cccc([N+](=O)[O-])c3)c(Cl)cc2F)c1=O. The second-order valence-electron chi connectivity index (χ2n) is 6.47. The van der Waals surface area contributed by atoms with Gasteiger partial charge in [0.2, 0.25) is 0 Å². The van der Waals surface area contributed by atoms with Gasteiger partial charge in [-0.25, -0.2) is 18.5 Å². The number of nitro benzene ring substituents is 1. The number of halogens is 5. The molecular formula is C19H10ClF4N3O6. The van der Waals surface area contributed by atoms with Gasteiger partial charge >= 0.3 is 17.8 Å². The number of non-ortho nitro benzene ring substituents is 1. The molecule has 0 aliphatic rings. The van der Waals surface area contributed by atoms with E-state index in [2.05, 4.69) is 0 Å². The first-order chi connectivity index (χ1) is 15.3. The predicted molar refractivity (Wildman–Crippen MR) is 105 cm³/mol. The molecule has 0 aliphatic heterocycles. The Bertz CT molecular complexity index is 1410. The van der Waals surface area contributed by atoms with Gasteiger partial charge in [-0.15, -0.1) is 0 Å². The molecule has 33 heavy (non-hydrogen) atoms. The number of carbonyl (C=O) groups is 1. The molecule has 0 bridgehead atoms. The number of rotatable bonds is 4. The van der Waals surface area contributed by atoms with Gasteiger partial charge in [0.1, 0.15) is 17.3 Å². The van der Waals surface area contributed by atoms with Gasteiger partial charge in [0.15, 0.2) is 0 Å². The summed E-state index contributed by atoms with van der Waals surface area (Å²) >= 11 is 5.86. The topological polar surface area (TPSA) is 113 Å². The van der Waals surface area contributed by atoms with Gasteiger partial charge in [-0.05, 0) is 18.2 Å². The molecule has 0 atom stereocenters. The van der Waals surface area contributed by atoms with Gasteiger partial charge in [0, 0.05) is 19.2 Å². The maximum absolute atomic E-state index is 14.5. The van der Waals surface area contributed by atoms with Gasteiger partial charge in [-0.2, -0.15) is 13.2 Å². The number of esters is 1. The van der Waals surface area contributed by atoms with Crippen molar-refractivity contribution in [3.05, 3.63) is 95.5 Å². The van der Waals surface area contributed by atoms with Crippen molar-refractivity contribution in [1.82, 2.24) is 9.13 Å². The third kappa shape index (κ3) is 4.62. The summed E-state index contributed by atoms with van der Waals surface area (Å²) < 4.78 is 58.8. The fraction of sp³-hybridized carbons (Fsp3) is 0.105. The van der Waals surface area contributed by atoms with E-state index in [1.807, 2.05) is 0 Å². The third-order valence-corrected chi connectivity index (χ3v) is 4.66. The lowest BCUT2D eigenvalue weighted by Crippen LogP contribution is -2.41. The van der Waals surface area contributed by atoms with Crippen LogP contribution in [0.3, 0.4) is 0 Å². The zero-order valence-corrected chi connectivity index (χ0v) is 17.0. The van der Waals surface area contributed by atoms with Crippen molar-refractivity contribution >= 4 is 23.3 Å². The number of benzene rings is 2. The van der Waals surface area contributed by atoms with E-state index in [0.717, 1.165) is 19.2 Å². The molecule has 1 heterocycles. The van der Waals surface area contributed by atoms with Gasteiger partial charge in [0.05, 0.1) is 27.3 Å². The molecule has 0 amide bonds. The highest BCUT2D eigenvalue weighted by atomic mass is 35.5. The van der Waals surface area contributed by atoms with Gasteiger partial charge in [-0.1, -0.05) is 17.7 Å². The average molecular weight is 488 g/mol. The normalized spacial score (nSPS) is 11.3. The highest BCUT2D eigenvalue weighted by Crippen LogP contribution is 2.28. The molecule has 9 nitrogen and oxygen atoms in total. The van der Waals surface area contributed by atoms with E-state index < -0.39 is 61.8 Å². The molecule has 0 unspecified atom stereocenters. The average Bonchev–Trinajstić information content (AvgIpc) is 2.71. The number of alkyl halides is 3. The minimum atomic E-state index is -5.03. The summed E-state index contributed by atoms with van der Waals surface area (Å²) in [6.07, 6.45) is -5.03. The lowest BCUT2D eigenvalue weighted by molar-refractivity contribution is -0.384. The molecule has 1 aromatic heterocycles. The third-order valence-electron chi connectivity index (χ3n) is 4.35. The van der Waals surface area contributed by atoms with Crippen LogP contribution in [0.1, 0.15) is 16.1 Å². The Hall–Kier alpha value is -4.00. The quantitative estimate of drug-likeness (QED) is 0.183. The number of ether oxygens (including phenoxy) is 1. The molecular weight excluding hydrogens is 478 g/mol. The molecule has 2 aromatic carbocycles. The van der Waals surface area contributed by atoms with Crippen molar-refractivity contribution in [2.24, 2.45) is 7.05 Å².